The van der Waals surface area contributed by atoms with E-state index >= 15 is 0 Å². The lowest BCUT2D eigenvalue weighted by Crippen LogP contribution is -2.09. The summed E-state index contributed by atoms with van der Waals surface area (Å²) in [6, 6.07) is 16.7. The molecule has 3 aromatic carbocycles. The van der Waals surface area contributed by atoms with Crippen LogP contribution in [0.3, 0.4) is 0 Å². The van der Waals surface area contributed by atoms with Crippen LogP contribution in [0.1, 0.15) is 35.5 Å². The first-order valence-corrected chi connectivity index (χ1v) is 10.8. The molecular weight excluding hydrogens is 421 g/mol. The molecule has 33 heavy (non-hydrogen) atoms. The smallest absolute Gasteiger partial charge is 0.303 e. The van der Waals surface area contributed by atoms with Crippen LogP contribution in [0.15, 0.2) is 54.6 Å². The van der Waals surface area contributed by atoms with Crippen molar-refractivity contribution in [3.8, 4) is 11.4 Å². The highest BCUT2D eigenvalue weighted by Gasteiger charge is 2.26. The van der Waals surface area contributed by atoms with Gasteiger partial charge in [-0.3, -0.25) is 9.36 Å². The minimum absolute atomic E-state index is 0.292. The van der Waals surface area contributed by atoms with E-state index in [1.54, 1.807) is 6.07 Å². The maximum Gasteiger partial charge on any atom is 0.303 e. The molecule has 0 radical (unpaired) electrons. The lowest BCUT2D eigenvalue weighted by Gasteiger charge is -2.16. The molecule has 7 heteroatoms. The summed E-state index contributed by atoms with van der Waals surface area (Å²) >= 11 is 0. The van der Waals surface area contributed by atoms with Crippen molar-refractivity contribution in [2.24, 2.45) is 0 Å². The second-order valence-electron chi connectivity index (χ2n) is 8.20. The molecule has 5 rings (SSSR count). The predicted octanol–water partition coefficient (Wildman–Crippen LogP) is 5.39. The van der Waals surface area contributed by atoms with E-state index in [0.717, 1.165) is 45.2 Å². The van der Waals surface area contributed by atoms with Gasteiger partial charge in [0.05, 0.1) is 16.7 Å². The van der Waals surface area contributed by atoms with Crippen LogP contribution >= 0.6 is 0 Å². The van der Waals surface area contributed by atoms with Crippen LogP contribution in [-0.2, 0) is 16.1 Å². The number of aromatic nitrogens is 2. The Morgan fingerprint density at radius 3 is 2.88 bits per heavy atom. The number of nitrogens with one attached hydrogen (secondary N) is 1. The normalized spacial score (nSPS) is 14.7. The Kier molecular flexibility index (Phi) is 5.24. The molecule has 0 fully saturated rings. The molecule has 2 heterocycles. The molecule has 0 bridgehead atoms. The van der Waals surface area contributed by atoms with Crippen molar-refractivity contribution in [1.29, 1.82) is 0 Å². The third-order valence-electron chi connectivity index (χ3n) is 5.98. The van der Waals surface area contributed by atoms with E-state index in [1.165, 1.54) is 19.1 Å². The van der Waals surface area contributed by atoms with E-state index in [4.69, 9.17) is 9.47 Å². The number of esters is 1. The van der Waals surface area contributed by atoms with Crippen molar-refractivity contribution in [2.75, 3.05) is 11.9 Å². The molecule has 1 atom stereocenters. The zero-order valence-electron chi connectivity index (χ0n) is 18.7. The van der Waals surface area contributed by atoms with Crippen molar-refractivity contribution in [3.05, 3.63) is 82.9 Å². The molecule has 0 unspecified atom stereocenters. The largest absolute Gasteiger partial charge is 0.489 e. The summed E-state index contributed by atoms with van der Waals surface area (Å²) in [6.07, 6.45) is -0.354. The average Bonchev–Trinajstić information content (AvgIpc) is 3.32. The number of carbonyl (C=O) groups excluding carboxylic acids is 1. The SMILES string of the molecule is CC(=O)O[C@@H]1COc2cc(NCc3cccc(-n4c(C)nc5cc(F)ccc54)c3C)ccc21. The van der Waals surface area contributed by atoms with Crippen LogP contribution in [0.5, 0.6) is 5.75 Å². The Balaban J connectivity index is 1.39. The minimum atomic E-state index is -0.354. The lowest BCUT2D eigenvalue weighted by molar-refractivity contribution is -0.147. The second kappa shape index (κ2) is 8.24. The Morgan fingerprint density at radius 2 is 2.06 bits per heavy atom. The molecule has 0 saturated carbocycles. The molecule has 0 aliphatic carbocycles. The van der Waals surface area contributed by atoms with Gasteiger partial charge in [-0.05, 0) is 55.3 Å². The number of hydrogen-bond donors (Lipinski definition) is 1. The predicted molar refractivity (Wildman–Crippen MR) is 124 cm³/mol. The number of imidazole rings is 1. The summed E-state index contributed by atoms with van der Waals surface area (Å²) in [4.78, 5) is 15.8. The summed E-state index contributed by atoms with van der Waals surface area (Å²) in [5, 5.41) is 3.46. The first-order valence-electron chi connectivity index (χ1n) is 10.8. The Morgan fingerprint density at radius 1 is 1.21 bits per heavy atom. The highest BCUT2D eigenvalue weighted by Crippen LogP contribution is 2.37. The number of rotatable bonds is 5. The van der Waals surface area contributed by atoms with Gasteiger partial charge < -0.3 is 14.8 Å². The zero-order valence-corrected chi connectivity index (χ0v) is 18.7. The van der Waals surface area contributed by atoms with Crippen LogP contribution in [0.2, 0.25) is 0 Å². The maximum absolute atomic E-state index is 13.7. The van der Waals surface area contributed by atoms with E-state index in [0.29, 0.717) is 18.7 Å². The molecule has 1 aromatic heterocycles. The van der Waals surface area contributed by atoms with Crippen LogP contribution in [-0.4, -0.2) is 22.1 Å². The van der Waals surface area contributed by atoms with Gasteiger partial charge in [0.2, 0.25) is 0 Å². The number of hydrogen-bond acceptors (Lipinski definition) is 5. The van der Waals surface area contributed by atoms with Crippen molar-refractivity contribution in [1.82, 2.24) is 9.55 Å². The van der Waals surface area contributed by atoms with Gasteiger partial charge in [0.25, 0.3) is 0 Å². The van der Waals surface area contributed by atoms with Crippen molar-refractivity contribution >= 4 is 22.7 Å². The van der Waals surface area contributed by atoms with Crippen LogP contribution in [0.4, 0.5) is 10.1 Å². The standard InChI is InChI=1S/C26H24FN3O3/c1-15-18(13-28-20-8-9-21-25(12-20)32-14-26(21)33-17(3)31)5-4-6-23(15)30-16(2)29-22-11-19(27)7-10-24(22)30/h4-12,26,28H,13-14H2,1-3H3/t26-/m1/s1. The van der Waals surface area contributed by atoms with Gasteiger partial charge in [-0.2, -0.15) is 0 Å². The number of halogens is 1. The number of anilines is 1. The van der Waals surface area contributed by atoms with Gasteiger partial charge in [-0.25, -0.2) is 9.37 Å². The van der Waals surface area contributed by atoms with Gasteiger partial charge in [-0.15, -0.1) is 0 Å². The molecular formula is C26H24FN3O3. The fourth-order valence-electron chi connectivity index (χ4n) is 4.37. The quantitative estimate of drug-likeness (QED) is 0.417. The van der Waals surface area contributed by atoms with Crippen molar-refractivity contribution in [2.45, 2.75) is 33.4 Å². The van der Waals surface area contributed by atoms with Crippen molar-refractivity contribution < 1.29 is 18.7 Å². The van der Waals surface area contributed by atoms with Crippen LogP contribution in [0, 0.1) is 19.7 Å². The fourth-order valence-corrected chi connectivity index (χ4v) is 4.37. The van der Waals surface area contributed by atoms with E-state index in [9.17, 15) is 9.18 Å². The number of fused-ring (bicyclic) bond motifs is 2. The summed E-state index contributed by atoms with van der Waals surface area (Å²) in [6.45, 7) is 6.36. The van der Waals surface area contributed by atoms with Gasteiger partial charge in [0.1, 0.15) is 24.0 Å². The number of nitrogens with zero attached hydrogens (tertiary/aromatic N) is 2. The third-order valence-corrected chi connectivity index (χ3v) is 5.98. The van der Waals surface area contributed by atoms with Crippen LogP contribution < -0.4 is 10.1 Å². The highest BCUT2D eigenvalue weighted by molar-refractivity contribution is 5.79. The van der Waals surface area contributed by atoms with E-state index in [2.05, 4.69) is 33.9 Å². The van der Waals surface area contributed by atoms with Crippen molar-refractivity contribution in [3.63, 3.8) is 0 Å². The molecule has 1 aliphatic heterocycles. The van der Waals surface area contributed by atoms with Gasteiger partial charge in [0.15, 0.2) is 6.10 Å². The molecule has 0 saturated heterocycles. The van der Waals surface area contributed by atoms with Gasteiger partial charge >= 0.3 is 5.97 Å². The molecule has 4 aromatic rings. The summed E-state index contributed by atoms with van der Waals surface area (Å²) < 4.78 is 26.7. The summed E-state index contributed by atoms with van der Waals surface area (Å²) in [5.74, 6) is 0.922. The fraction of sp³-hybridized carbons (Fsp3) is 0.231. The molecule has 1 aliphatic rings. The van der Waals surface area contributed by atoms with Gasteiger partial charge in [-0.1, -0.05) is 12.1 Å². The summed E-state index contributed by atoms with van der Waals surface area (Å²) in [5.41, 5.74) is 6.58. The number of aryl methyl sites for hydroxylation is 1. The van der Waals surface area contributed by atoms with E-state index < -0.39 is 0 Å². The Bertz CT molecular complexity index is 1380. The number of ether oxygens (including phenoxy) is 2. The maximum atomic E-state index is 13.7. The zero-order chi connectivity index (χ0) is 23.1. The van der Waals surface area contributed by atoms with Gasteiger partial charge in [0, 0.05) is 36.9 Å². The monoisotopic (exact) mass is 445 g/mol. The highest BCUT2D eigenvalue weighted by atomic mass is 19.1. The first kappa shape index (κ1) is 21.0. The molecule has 0 spiro atoms. The van der Waals surface area contributed by atoms with E-state index in [1.807, 2.05) is 31.2 Å². The topological polar surface area (TPSA) is 65.4 Å². The van der Waals surface area contributed by atoms with Crippen LogP contribution in [0.25, 0.3) is 16.7 Å². The third kappa shape index (κ3) is 3.91. The first-order chi connectivity index (χ1) is 15.9. The molecule has 6 nitrogen and oxygen atoms in total. The second-order valence-corrected chi connectivity index (χ2v) is 8.20. The lowest BCUT2D eigenvalue weighted by atomic mass is 10.1. The Labute approximate surface area is 191 Å². The number of carbonyl (C=O) groups is 1. The summed E-state index contributed by atoms with van der Waals surface area (Å²) in [7, 11) is 0. The molecule has 1 N–H and O–H groups in total. The minimum Gasteiger partial charge on any atom is -0.489 e. The molecule has 168 valence electrons. The number of benzene rings is 3. The average molecular weight is 445 g/mol. The Hall–Kier alpha value is -3.87. The molecule has 0 amide bonds. The van der Waals surface area contributed by atoms with E-state index in [-0.39, 0.29) is 17.9 Å².